The number of nitrogens with one attached hydrogen (secondary N) is 1. The van der Waals surface area contributed by atoms with E-state index in [0.29, 0.717) is 16.3 Å². The van der Waals surface area contributed by atoms with Crippen LogP contribution in [0.2, 0.25) is 5.02 Å². The Bertz CT molecular complexity index is 676. The van der Waals surface area contributed by atoms with Gasteiger partial charge in [0.05, 0.1) is 10.7 Å². The van der Waals surface area contributed by atoms with Gasteiger partial charge in [0, 0.05) is 16.2 Å². The molecule has 0 spiro atoms. The fourth-order valence-corrected chi connectivity index (χ4v) is 2.10. The third-order valence-corrected chi connectivity index (χ3v) is 3.52. The quantitative estimate of drug-likeness (QED) is 0.813. The molecular weight excluding hydrogens is 362 g/mol. The first-order valence-electron chi connectivity index (χ1n) is 5.49. The summed E-state index contributed by atoms with van der Waals surface area (Å²) in [6.07, 6.45) is 1.46. The highest BCUT2D eigenvalue weighted by Crippen LogP contribution is 2.26. The minimum absolute atomic E-state index is 0.236. The Morgan fingerprint density at radius 1 is 1.35 bits per heavy atom. The maximum atomic E-state index is 12.0. The van der Waals surface area contributed by atoms with Crippen LogP contribution in [0.5, 0.6) is 0 Å². The molecule has 0 fully saturated rings. The molecule has 0 saturated carbocycles. The number of hydrogen-bond acceptors (Lipinski definition) is 3. The second-order valence-electron chi connectivity index (χ2n) is 3.87. The van der Waals surface area contributed by atoms with Crippen LogP contribution in [0.15, 0.2) is 41.0 Å². The van der Waals surface area contributed by atoms with E-state index in [2.05, 4.69) is 26.2 Å². The summed E-state index contributed by atoms with van der Waals surface area (Å²) in [6.45, 7) is 0. The van der Waals surface area contributed by atoms with Gasteiger partial charge in [0.1, 0.15) is 10.7 Å². The molecule has 3 N–H and O–H groups in total. The first-order valence-corrected chi connectivity index (χ1v) is 7.07. The second kappa shape index (κ2) is 6.30. The van der Waals surface area contributed by atoms with E-state index >= 15 is 0 Å². The van der Waals surface area contributed by atoms with Crippen molar-refractivity contribution in [3.8, 4) is 0 Å². The molecule has 1 heterocycles. The fraction of sp³-hybridized carbons (Fsp3) is 0. The molecule has 1 amide bonds. The predicted octanol–water partition coefficient (Wildman–Crippen LogP) is 3.38. The summed E-state index contributed by atoms with van der Waals surface area (Å²) in [7, 11) is 0. The van der Waals surface area contributed by atoms with Crippen LogP contribution in [-0.2, 0) is 0 Å². The number of carbonyl (C=O) groups is 1. The van der Waals surface area contributed by atoms with Gasteiger partial charge in [-0.15, -0.1) is 0 Å². The Balaban J connectivity index is 2.19. The molecule has 0 bridgehead atoms. The number of thiocarbonyl (C=S) groups is 1. The standard InChI is InChI=1S/C13H9BrClN3OS/c14-8-2-3-9(15)11(5-8)18-13(19)10-4-1-7(6-17-10)12(16)20/h1-6H,(H2,16,20)(H,18,19). The van der Waals surface area contributed by atoms with Crippen LogP contribution in [0.1, 0.15) is 16.1 Å². The third kappa shape index (κ3) is 3.53. The van der Waals surface area contributed by atoms with E-state index in [1.54, 1.807) is 30.3 Å². The normalized spacial score (nSPS) is 10.1. The average Bonchev–Trinajstić information content (AvgIpc) is 2.43. The minimum atomic E-state index is -0.362. The summed E-state index contributed by atoms with van der Waals surface area (Å²) in [5.41, 5.74) is 6.83. The van der Waals surface area contributed by atoms with Gasteiger partial charge < -0.3 is 11.1 Å². The largest absolute Gasteiger partial charge is 0.389 e. The van der Waals surface area contributed by atoms with Crippen molar-refractivity contribution in [1.29, 1.82) is 0 Å². The van der Waals surface area contributed by atoms with Crippen molar-refractivity contribution < 1.29 is 4.79 Å². The number of rotatable bonds is 3. The first kappa shape index (κ1) is 14.9. The zero-order chi connectivity index (χ0) is 14.7. The number of nitrogens with zero attached hydrogens (tertiary/aromatic N) is 1. The smallest absolute Gasteiger partial charge is 0.274 e. The minimum Gasteiger partial charge on any atom is -0.389 e. The van der Waals surface area contributed by atoms with E-state index < -0.39 is 0 Å². The zero-order valence-electron chi connectivity index (χ0n) is 10.1. The molecule has 1 aromatic carbocycles. The highest BCUT2D eigenvalue weighted by Gasteiger charge is 2.10. The lowest BCUT2D eigenvalue weighted by Gasteiger charge is -2.07. The topological polar surface area (TPSA) is 68.0 Å². The molecule has 4 nitrogen and oxygen atoms in total. The van der Waals surface area contributed by atoms with E-state index in [9.17, 15) is 4.79 Å². The highest BCUT2D eigenvalue weighted by atomic mass is 79.9. The molecule has 1 aromatic heterocycles. The Morgan fingerprint density at radius 3 is 2.70 bits per heavy atom. The fourth-order valence-electron chi connectivity index (χ4n) is 1.45. The summed E-state index contributed by atoms with van der Waals surface area (Å²) < 4.78 is 0.814. The Kier molecular flexibility index (Phi) is 4.69. The molecule has 0 saturated heterocycles. The van der Waals surface area contributed by atoms with Crippen LogP contribution < -0.4 is 11.1 Å². The van der Waals surface area contributed by atoms with Crippen LogP contribution in [-0.4, -0.2) is 15.9 Å². The molecule has 102 valence electrons. The number of carbonyl (C=O) groups excluding carboxylic acids is 1. The van der Waals surface area contributed by atoms with E-state index in [0.717, 1.165) is 4.47 Å². The van der Waals surface area contributed by atoms with Crippen LogP contribution in [0.3, 0.4) is 0 Å². The number of aromatic nitrogens is 1. The second-order valence-corrected chi connectivity index (χ2v) is 5.64. The molecule has 0 aliphatic carbocycles. The van der Waals surface area contributed by atoms with Crippen molar-refractivity contribution in [3.63, 3.8) is 0 Å². The number of halogens is 2. The van der Waals surface area contributed by atoms with Gasteiger partial charge in [-0.05, 0) is 30.3 Å². The maximum absolute atomic E-state index is 12.0. The molecule has 20 heavy (non-hydrogen) atoms. The molecule has 2 rings (SSSR count). The van der Waals surface area contributed by atoms with Gasteiger partial charge in [-0.3, -0.25) is 9.78 Å². The maximum Gasteiger partial charge on any atom is 0.274 e. The lowest BCUT2D eigenvalue weighted by molar-refractivity contribution is 0.102. The monoisotopic (exact) mass is 369 g/mol. The molecular formula is C13H9BrClN3OS. The molecule has 0 unspecified atom stereocenters. The predicted molar refractivity (Wildman–Crippen MR) is 87.2 cm³/mol. The molecule has 0 aliphatic heterocycles. The summed E-state index contributed by atoms with van der Waals surface area (Å²) in [6, 6.07) is 8.38. The Morgan fingerprint density at radius 2 is 2.10 bits per heavy atom. The van der Waals surface area contributed by atoms with E-state index in [4.69, 9.17) is 29.6 Å². The van der Waals surface area contributed by atoms with Gasteiger partial charge in [0.15, 0.2) is 0 Å². The van der Waals surface area contributed by atoms with Gasteiger partial charge in [-0.2, -0.15) is 0 Å². The number of hydrogen-bond donors (Lipinski definition) is 2. The van der Waals surface area contributed by atoms with Crippen LogP contribution >= 0.6 is 39.7 Å². The van der Waals surface area contributed by atoms with Crippen molar-refractivity contribution in [3.05, 3.63) is 57.3 Å². The van der Waals surface area contributed by atoms with Gasteiger partial charge in [-0.1, -0.05) is 39.7 Å². The van der Waals surface area contributed by atoms with Crippen molar-refractivity contribution in [2.24, 2.45) is 5.73 Å². The average molecular weight is 371 g/mol. The summed E-state index contributed by atoms with van der Waals surface area (Å²) in [5.74, 6) is -0.362. The van der Waals surface area contributed by atoms with Gasteiger partial charge in [0.2, 0.25) is 0 Å². The van der Waals surface area contributed by atoms with E-state index in [1.807, 2.05) is 0 Å². The first-order chi connectivity index (χ1) is 9.47. The van der Waals surface area contributed by atoms with Gasteiger partial charge >= 0.3 is 0 Å². The Hall–Kier alpha value is -1.50. The van der Waals surface area contributed by atoms with Crippen LogP contribution in [0.4, 0.5) is 5.69 Å². The SMILES string of the molecule is NC(=S)c1ccc(C(=O)Nc2cc(Br)ccc2Cl)nc1. The molecule has 0 aliphatic rings. The van der Waals surface area contributed by atoms with Gasteiger partial charge in [-0.25, -0.2) is 0 Å². The van der Waals surface area contributed by atoms with Crippen molar-refractivity contribution in [2.45, 2.75) is 0 Å². The van der Waals surface area contributed by atoms with Crippen molar-refractivity contribution in [2.75, 3.05) is 5.32 Å². The highest BCUT2D eigenvalue weighted by molar-refractivity contribution is 9.10. The summed E-state index contributed by atoms with van der Waals surface area (Å²) in [5, 5.41) is 3.13. The summed E-state index contributed by atoms with van der Waals surface area (Å²) in [4.78, 5) is 16.3. The number of nitrogens with two attached hydrogens (primary N) is 1. The number of anilines is 1. The van der Waals surface area contributed by atoms with E-state index in [-0.39, 0.29) is 16.6 Å². The van der Waals surface area contributed by atoms with Gasteiger partial charge in [0.25, 0.3) is 5.91 Å². The number of amides is 1. The van der Waals surface area contributed by atoms with Crippen molar-refractivity contribution in [1.82, 2.24) is 4.98 Å². The van der Waals surface area contributed by atoms with Crippen LogP contribution in [0, 0.1) is 0 Å². The summed E-state index contributed by atoms with van der Waals surface area (Å²) >= 11 is 14.1. The molecule has 0 radical (unpaired) electrons. The number of pyridine rings is 1. The third-order valence-electron chi connectivity index (χ3n) is 2.46. The Labute approximate surface area is 134 Å². The lowest BCUT2D eigenvalue weighted by Crippen LogP contribution is -2.15. The number of benzene rings is 1. The molecule has 0 atom stereocenters. The zero-order valence-corrected chi connectivity index (χ0v) is 13.2. The molecule has 7 heteroatoms. The van der Waals surface area contributed by atoms with E-state index in [1.165, 1.54) is 6.20 Å². The molecule has 2 aromatic rings. The van der Waals surface area contributed by atoms with Crippen LogP contribution in [0.25, 0.3) is 0 Å². The van der Waals surface area contributed by atoms with Crippen molar-refractivity contribution >= 4 is 56.3 Å². The lowest BCUT2D eigenvalue weighted by atomic mass is 10.2.